The van der Waals surface area contributed by atoms with Crippen LogP contribution in [-0.2, 0) is 0 Å². The Hall–Kier alpha value is -7.42. The van der Waals surface area contributed by atoms with Gasteiger partial charge in [0, 0.05) is 27.7 Å². The molecule has 0 fully saturated rings. The summed E-state index contributed by atoms with van der Waals surface area (Å²) in [6.45, 7) is 0. The summed E-state index contributed by atoms with van der Waals surface area (Å²) in [4.78, 5) is 2.41. The van der Waals surface area contributed by atoms with Crippen LogP contribution in [0.3, 0.4) is 0 Å². The molecule has 262 valence electrons. The van der Waals surface area contributed by atoms with Gasteiger partial charge in [0.15, 0.2) is 0 Å². The van der Waals surface area contributed by atoms with Crippen molar-refractivity contribution in [2.45, 2.75) is 0 Å². The van der Waals surface area contributed by atoms with Crippen molar-refractivity contribution >= 4 is 71.3 Å². The predicted octanol–water partition coefficient (Wildman–Crippen LogP) is 15.5. The zero-order chi connectivity index (χ0) is 37.0. The second kappa shape index (κ2) is 13.2. The van der Waals surface area contributed by atoms with E-state index in [2.05, 4.69) is 205 Å². The third-order valence-corrected chi connectivity index (χ3v) is 11.2. The first kappa shape index (κ1) is 32.0. The zero-order valence-electron chi connectivity index (χ0n) is 30.6. The van der Waals surface area contributed by atoms with Gasteiger partial charge in [0.25, 0.3) is 0 Å². The molecule has 0 amide bonds. The highest BCUT2D eigenvalue weighted by Gasteiger charge is 2.21. The van der Waals surface area contributed by atoms with E-state index >= 15 is 0 Å². The first-order valence-corrected chi connectivity index (χ1v) is 19.2. The third-order valence-electron chi connectivity index (χ3n) is 11.2. The van der Waals surface area contributed by atoms with Crippen LogP contribution in [0, 0.1) is 0 Å². The van der Waals surface area contributed by atoms with Gasteiger partial charge in [-0.3, -0.25) is 0 Å². The van der Waals surface area contributed by atoms with Crippen molar-refractivity contribution in [1.82, 2.24) is 0 Å². The average molecular weight is 714 g/mol. The maximum atomic E-state index is 6.31. The molecule has 2 nitrogen and oxygen atoms in total. The summed E-state index contributed by atoms with van der Waals surface area (Å²) < 4.78 is 6.31. The molecule has 0 aliphatic carbocycles. The van der Waals surface area contributed by atoms with Gasteiger partial charge in [0.05, 0.1) is 5.69 Å². The average Bonchev–Trinajstić information content (AvgIpc) is 3.65. The van der Waals surface area contributed by atoms with Gasteiger partial charge in [0.2, 0.25) is 0 Å². The van der Waals surface area contributed by atoms with Gasteiger partial charge >= 0.3 is 0 Å². The lowest BCUT2D eigenvalue weighted by molar-refractivity contribution is 0.669. The van der Waals surface area contributed by atoms with Gasteiger partial charge in [-0.15, -0.1) is 0 Å². The van der Waals surface area contributed by atoms with Crippen molar-refractivity contribution in [3.05, 3.63) is 212 Å². The molecule has 1 heterocycles. The fourth-order valence-electron chi connectivity index (χ4n) is 8.50. The van der Waals surface area contributed by atoms with Crippen molar-refractivity contribution in [2.24, 2.45) is 0 Å². The second-order valence-electron chi connectivity index (χ2n) is 14.5. The highest BCUT2D eigenvalue weighted by Crippen LogP contribution is 2.45. The van der Waals surface area contributed by atoms with E-state index in [1.807, 2.05) is 12.1 Å². The molecule has 0 atom stereocenters. The first-order chi connectivity index (χ1) is 27.7. The number of benzene rings is 10. The molecule has 0 unspecified atom stereocenters. The van der Waals surface area contributed by atoms with E-state index in [-0.39, 0.29) is 0 Å². The summed E-state index contributed by atoms with van der Waals surface area (Å²) in [6, 6.07) is 76.7. The Morgan fingerprint density at radius 3 is 1.77 bits per heavy atom. The van der Waals surface area contributed by atoms with E-state index in [1.165, 1.54) is 49.0 Å². The Balaban J connectivity index is 1.11. The minimum absolute atomic E-state index is 0.877. The number of hydrogen-bond donors (Lipinski definition) is 0. The molecule has 0 spiro atoms. The molecule has 0 saturated heterocycles. The number of nitrogens with zero attached hydrogens (tertiary/aromatic N) is 1. The van der Waals surface area contributed by atoms with E-state index in [9.17, 15) is 0 Å². The summed E-state index contributed by atoms with van der Waals surface area (Å²) in [6.07, 6.45) is 0. The zero-order valence-corrected chi connectivity index (χ0v) is 30.6. The van der Waals surface area contributed by atoms with Crippen LogP contribution in [0.2, 0.25) is 0 Å². The lowest BCUT2D eigenvalue weighted by Crippen LogP contribution is -2.11. The quantitative estimate of drug-likeness (QED) is 0.160. The Morgan fingerprint density at radius 2 is 0.911 bits per heavy atom. The molecule has 1 aromatic heterocycles. The fourth-order valence-corrected chi connectivity index (χ4v) is 8.50. The highest BCUT2D eigenvalue weighted by atomic mass is 16.3. The van der Waals surface area contributed by atoms with Crippen LogP contribution >= 0.6 is 0 Å². The van der Waals surface area contributed by atoms with Crippen molar-refractivity contribution in [2.75, 3.05) is 4.90 Å². The molecule has 0 radical (unpaired) electrons. The Labute approximate surface area is 325 Å². The summed E-state index contributed by atoms with van der Waals surface area (Å²) in [5, 5.41) is 9.72. The number of rotatable bonds is 6. The Bertz CT molecular complexity index is 3240. The van der Waals surface area contributed by atoms with Crippen LogP contribution in [0.4, 0.5) is 17.1 Å². The number of hydrogen-bond acceptors (Lipinski definition) is 2. The van der Waals surface area contributed by atoms with Crippen LogP contribution < -0.4 is 4.90 Å². The maximum absolute atomic E-state index is 6.31. The van der Waals surface area contributed by atoms with Gasteiger partial charge < -0.3 is 9.32 Å². The number of furan rings is 1. The smallest absolute Gasteiger partial charge is 0.135 e. The van der Waals surface area contributed by atoms with E-state index in [1.54, 1.807) is 0 Å². The molecule has 0 aliphatic rings. The largest absolute Gasteiger partial charge is 0.456 e. The summed E-state index contributed by atoms with van der Waals surface area (Å²) in [5.74, 6) is 0. The van der Waals surface area contributed by atoms with E-state index in [0.717, 1.165) is 55.7 Å². The van der Waals surface area contributed by atoms with Crippen molar-refractivity contribution in [1.29, 1.82) is 0 Å². The number of fused-ring (bicyclic) bond motifs is 7. The van der Waals surface area contributed by atoms with Crippen LogP contribution in [-0.4, -0.2) is 0 Å². The van der Waals surface area contributed by atoms with Crippen LogP contribution in [0.5, 0.6) is 0 Å². The first-order valence-electron chi connectivity index (χ1n) is 19.2. The third kappa shape index (κ3) is 5.42. The minimum Gasteiger partial charge on any atom is -0.456 e. The molecular weight excluding hydrogens is 679 g/mol. The lowest BCUT2D eigenvalue weighted by atomic mass is 9.94. The normalized spacial score (nSPS) is 11.6. The topological polar surface area (TPSA) is 16.4 Å². The van der Waals surface area contributed by atoms with Crippen molar-refractivity contribution in [3.8, 4) is 33.4 Å². The SMILES string of the molecule is c1ccc(-c2ccc(-c3cccc4ccccc34)cc2N(c2ccc(-c3ccc4c(ccc5ccccc54)c3)cc2)c2ccc3oc4ccccc4c3c2)cc1. The maximum Gasteiger partial charge on any atom is 0.135 e. The molecule has 0 bridgehead atoms. The van der Waals surface area contributed by atoms with E-state index in [0.29, 0.717) is 0 Å². The van der Waals surface area contributed by atoms with Crippen LogP contribution in [0.25, 0.3) is 87.6 Å². The van der Waals surface area contributed by atoms with Crippen molar-refractivity contribution in [3.63, 3.8) is 0 Å². The molecule has 11 aromatic rings. The van der Waals surface area contributed by atoms with Gasteiger partial charge in [-0.25, -0.2) is 0 Å². The Morgan fingerprint density at radius 1 is 0.286 bits per heavy atom. The van der Waals surface area contributed by atoms with Gasteiger partial charge in [-0.1, -0.05) is 164 Å². The highest BCUT2D eigenvalue weighted by molar-refractivity contribution is 6.09. The number of anilines is 3. The Kier molecular flexibility index (Phi) is 7.53. The van der Waals surface area contributed by atoms with Gasteiger partial charge in [0.1, 0.15) is 11.2 Å². The van der Waals surface area contributed by atoms with Crippen LogP contribution in [0.1, 0.15) is 0 Å². The monoisotopic (exact) mass is 713 g/mol. The minimum atomic E-state index is 0.877. The van der Waals surface area contributed by atoms with Gasteiger partial charge in [-0.05, 0) is 109 Å². The molecule has 0 aliphatic heterocycles. The molecule has 10 aromatic carbocycles. The fraction of sp³-hybridized carbons (Fsp3) is 0. The summed E-state index contributed by atoms with van der Waals surface area (Å²) in [5.41, 5.74) is 12.0. The molecule has 11 rings (SSSR count). The van der Waals surface area contributed by atoms with E-state index < -0.39 is 0 Å². The van der Waals surface area contributed by atoms with Crippen LogP contribution in [0.15, 0.2) is 217 Å². The standard InChI is InChI=1S/C54H35NO/c1-2-11-38(12-3-1)49-31-26-42(47-19-10-15-37-13-4-6-16-45(37)47)34-52(49)55(44-29-32-54-51(35-44)50-18-8-9-20-53(50)56-54)43-27-23-36(24-28-43)40-25-30-48-41(33-40)22-21-39-14-5-7-17-46(39)48/h1-35H. The lowest BCUT2D eigenvalue weighted by Gasteiger charge is -2.29. The molecule has 2 heteroatoms. The summed E-state index contributed by atoms with van der Waals surface area (Å²) in [7, 11) is 0. The van der Waals surface area contributed by atoms with Crippen molar-refractivity contribution < 1.29 is 4.42 Å². The van der Waals surface area contributed by atoms with Gasteiger partial charge in [-0.2, -0.15) is 0 Å². The molecular formula is C54H35NO. The molecule has 56 heavy (non-hydrogen) atoms. The molecule has 0 N–H and O–H groups in total. The van der Waals surface area contributed by atoms with E-state index in [4.69, 9.17) is 4.42 Å². The molecule has 0 saturated carbocycles. The number of para-hydroxylation sites is 1. The predicted molar refractivity (Wildman–Crippen MR) is 237 cm³/mol. The summed E-state index contributed by atoms with van der Waals surface area (Å²) >= 11 is 0. The second-order valence-corrected chi connectivity index (χ2v) is 14.5.